The molecule has 0 spiro atoms. The number of halogens is 2. The Morgan fingerprint density at radius 2 is 1.79 bits per heavy atom. The zero-order valence-electron chi connectivity index (χ0n) is 15.9. The summed E-state index contributed by atoms with van der Waals surface area (Å²) < 4.78 is 23.2. The summed E-state index contributed by atoms with van der Waals surface area (Å²) in [5.74, 6) is 0.607. The van der Waals surface area contributed by atoms with Crippen molar-refractivity contribution < 1.29 is 13.2 Å². The number of hydrogen-bond acceptors (Lipinski definition) is 5. The van der Waals surface area contributed by atoms with Gasteiger partial charge in [-0.2, -0.15) is 0 Å². The van der Waals surface area contributed by atoms with Crippen LogP contribution in [0.25, 0.3) is 0 Å². The van der Waals surface area contributed by atoms with E-state index >= 15 is 0 Å². The third-order valence-corrected chi connectivity index (χ3v) is 7.52. The summed E-state index contributed by atoms with van der Waals surface area (Å²) in [5.41, 5.74) is 1.83. The number of carbonyl (C=O) groups is 1. The number of carbonyl (C=O) groups excluding carboxylic acids is 1. The van der Waals surface area contributed by atoms with Crippen molar-refractivity contribution in [2.45, 2.75) is 37.9 Å². The molecule has 3 fully saturated rings. The second-order valence-electron chi connectivity index (χ2n) is 7.72. The molecule has 0 saturated carbocycles. The normalized spacial score (nSPS) is 26.6. The fraction of sp³-hybridized carbons (Fsp3) is 0.632. The van der Waals surface area contributed by atoms with Crippen LogP contribution < -0.4 is 5.32 Å². The third-order valence-electron chi connectivity index (χ3n) is 5.91. The van der Waals surface area contributed by atoms with Gasteiger partial charge in [-0.3, -0.25) is 9.69 Å². The molecule has 1 aromatic carbocycles. The van der Waals surface area contributed by atoms with Crippen LogP contribution in [0.15, 0.2) is 24.3 Å². The first-order chi connectivity index (χ1) is 12.5. The van der Waals surface area contributed by atoms with E-state index in [1.165, 1.54) is 0 Å². The lowest BCUT2D eigenvalue weighted by atomic mass is 10.1. The molecule has 1 N–H and O–H groups in total. The number of amides is 1. The summed E-state index contributed by atoms with van der Waals surface area (Å²) in [6.45, 7) is 3.73. The van der Waals surface area contributed by atoms with E-state index in [-0.39, 0.29) is 42.2 Å². The fourth-order valence-electron chi connectivity index (χ4n) is 4.43. The highest BCUT2D eigenvalue weighted by Gasteiger charge is 2.38. The molecule has 1 amide bonds. The molecule has 158 valence electrons. The SMILES string of the molecule is Cl.Cl.O=C(c1cccc(CN2CCS(=O)(=O)CC2)c1)N1C2CCNCC1CC2. The highest BCUT2D eigenvalue weighted by Crippen LogP contribution is 2.29. The zero-order valence-corrected chi connectivity index (χ0v) is 18.3. The molecule has 4 rings (SSSR count). The van der Waals surface area contributed by atoms with Gasteiger partial charge in [-0.25, -0.2) is 8.42 Å². The molecule has 0 radical (unpaired) electrons. The van der Waals surface area contributed by atoms with Crippen molar-refractivity contribution in [2.24, 2.45) is 0 Å². The summed E-state index contributed by atoms with van der Waals surface area (Å²) >= 11 is 0. The van der Waals surface area contributed by atoms with E-state index in [1.807, 2.05) is 24.3 Å². The summed E-state index contributed by atoms with van der Waals surface area (Å²) in [7, 11) is -2.86. The number of benzene rings is 1. The molecular weight excluding hydrogens is 421 g/mol. The first-order valence-electron chi connectivity index (χ1n) is 9.57. The highest BCUT2D eigenvalue weighted by molar-refractivity contribution is 7.91. The van der Waals surface area contributed by atoms with Gasteiger partial charge in [-0.05, 0) is 43.5 Å². The molecule has 6 nitrogen and oxygen atoms in total. The number of fused-ring (bicyclic) bond motifs is 2. The number of sulfone groups is 1. The topological polar surface area (TPSA) is 69.7 Å². The fourth-order valence-corrected chi connectivity index (χ4v) is 5.71. The van der Waals surface area contributed by atoms with Crippen LogP contribution in [-0.4, -0.2) is 73.9 Å². The van der Waals surface area contributed by atoms with Gasteiger partial charge in [0.25, 0.3) is 5.91 Å². The first-order valence-corrected chi connectivity index (χ1v) is 11.4. The molecule has 0 aromatic heterocycles. The average molecular weight is 450 g/mol. The lowest BCUT2D eigenvalue weighted by Gasteiger charge is -2.29. The van der Waals surface area contributed by atoms with Crippen LogP contribution in [-0.2, 0) is 16.4 Å². The highest BCUT2D eigenvalue weighted by atomic mass is 35.5. The van der Waals surface area contributed by atoms with Crippen LogP contribution in [0.3, 0.4) is 0 Å². The van der Waals surface area contributed by atoms with Gasteiger partial charge >= 0.3 is 0 Å². The van der Waals surface area contributed by atoms with Crippen molar-refractivity contribution in [3.05, 3.63) is 35.4 Å². The van der Waals surface area contributed by atoms with Crippen molar-refractivity contribution in [3.8, 4) is 0 Å². The monoisotopic (exact) mass is 449 g/mol. The minimum absolute atomic E-state index is 0. The molecule has 2 bridgehead atoms. The Morgan fingerprint density at radius 3 is 2.54 bits per heavy atom. The predicted molar refractivity (Wildman–Crippen MR) is 115 cm³/mol. The smallest absolute Gasteiger partial charge is 0.254 e. The Morgan fingerprint density at radius 1 is 1.07 bits per heavy atom. The van der Waals surface area contributed by atoms with Crippen molar-refractivity contribution in [1.82, 2.24) is 15.1 Å². The molecule has 3 aliphatic rings. The maximum absolute atomic E-state index is 13.1. The van der Waals surface area contributed by atoms with E-state index in [1.54, 1.807) is 0 Å². The van der Waals surface area contributed by atoms with Crippen LogP contribution in [0.2, 0.25) is 0 Å². The summed E-state index contributed by atoms with van der Waals surface area (Å²) in [6, 6.07) is 8.54. The third kappa shape index (κ3) is 5.19. The van der Waals surface area contributed by atoms with E-state index in [9.17, 15) is 13.2 Å². The van der Waals surface area contributed by atoms with Gasteiger partial charge in [0.05, 0.1) is 11.5 Å². The lowest BCUT2D eigenvalue weighted by Crippen LogP contribution is -2.42. The largest absolute Gasteiger partial charge is 0.331 e. The summed E-state index contributed by atoms with van der Waals surface area (Å²) in [6.07, 6.45) is 3.23. The molecule has 3 heterocycles. The first kappa shape index (κ1) is 23.4. The number of hydrogen-bond donors (Lipinski definition) is 1. The lowest BCUT2D eigenvalue weighted by molar-refractivity contribution is 0.0680. The Balaban J connectivity index is 0.00000140. The van der Waals surface area contributed by atoms with Crippen LogP contribution in [0.1, 0.15) is 35.2 Å². The molecule has 3 saturated heterocycles. The van der Waals surface area contributed by atoms with E-state index in [0.29, 0.717) is 31.7 Å². The molecule has 2 atom stereocenters. The molecule has 1 aromatic rings. The van der Waals surface area contributed by atoms with Crippen LogP contribution in [0.4, 0.5) is 0 Å². The van der Waals surface area contributed by atoms with Gasteiger partial charge in [0.2, 0.25) is 0 Å². The quantitative estimate of drug-likeness (QED) is 0.760. The standard InChI is InChI=1S/C19H27N3O3S.2ClH/c23-19(22-17-4-5-18(22)13-20-7-6-17)16-3-1-2-15(12-16)14-21-8-10-26(24,25)11-9-21;;/h1-3,12,17-18,20H,4-11,13-14H2;2*1H. The second-order valence-corrected chi connectivity index (χ2v) is 10.0. The number of rotatable bonds is 3. The maximum Gasteiger partial charge on any atom is 0.254 e. The molecule has 2 unspecified atom stereocenters. The van der Waals surface area contributed by atoms with Crippen molar-refractivity contribution in [2.75, 3.05) is 37.7 Å². The van der Waals surface area contributed by atoms with Crippen LogP contribution in [0, 0.1) is 0 Å². The van der Waals surface area contributed by atoms with Gasteiger partial charge in [-0.15, -0.1) is 24.8 Å². The van der Waals surface area contributed by atoms with Gasteiger partial charge < -0.3 is 10.2 Å². The molecule has 0 aliphatic carbocycles. The van der Waals surface area contributed by atoms with Gasteiger partial charge in [0.15, 0.2) is 9.84 Å². The van der Waals surface area contributed by atoms with Crippen molar-refractivity contribution >= 4 is 40.6 Å². The molecule has 28 heavy (non-hydrogen) atoms. The Kier molecular flexibility index (Phi) is 8.16. The number of nitrogens with one attached hydrogen (secondary N) is 1. The van der Waals surface area contributed by atoms with Gasteiger partial charge in [0, 0.05) is 43.8 Å². The van der Waals surface area contributed by atoms with E-state index < -0.39 is 9.84 Å². The van der Waals surface area contributed by atoms with Gasteiger partial charge in [0.1, 0.15) is 0 Å². The molecule has 9 heteroatoms. The predicted octanol–water partition coefficient (Wildman–Crippen LogP) is 1.73. The Bertz CT molecular complexity index is 762. The summed E-state index contributed by atoms with van der Waals surface area (Å²) in [4.78, 5) is 17.4. The summed E-state index contributed by atoms with van der Waals surface area (Å²) in [5, 5.41) is 3.44. The average Bonchev–Trinajstić information content (AvgIpc) is 2.89. The van der Waals surface area contributed by atoms with Crippen molar-refractivity contribution in [1.29, 1.82) is 0 Å². The zero-order chi connectivity index (χ0) is 18.1. The second kappa shape index (κ2) is 9.76. The van der Waals surface area contributed by atoms with E-state index in [2.05, 4.69) is 15.1 Å². The molecular formula is C19H29Cl2N3O3S. The van der Waals surface area contributed by atoms with Crippen molar-refractivity contribution in [3.63, 3.8) is 0 Å². The minimum atomic E-state index is -2.86. The van der Waals surface area contributed by atoms with Crippen LogP contribution in [0.5, 0.6) is 0 Å². The Hall–Kier alpha value is -0.860. The van der Waals surface area contributed by atoms with E-state index in [0.717, 1.165) is 43.5 Å². The number of nitrogens with zero attached hydrogens (tertiary/aromatic N) is 2. The van der Waals surface area contributed by atoms with E-state index in [4.69, 9.17) is 0 Å². The van der Waals surface area contributed by atoms with Crippen LogP contribution >= 0.6 is 24.8 Å². The Labute approximate surface area is 179 Å². The molecule has 3 aliphatic heterocycles. The minimum Gasteiger partial charge on any atom is -0.331 e. The van der Waals surface area contributed by atoms with Gasteiger partial charge in [-0.1, -0.05) is 12.1 Å². The maximum atomic E-state index is 13.1.